The third-order valence-corrected chi connectivity index (χ3v) is 7.77. The summed E-state index contributed by atoms with van der Waals surface area (Å²) in [7, 11) is -4.15. The van der Waals surface area contributed by atoms with Gasteiger partial charge in [0.2, 0.25) is 12.6 Å². The number of fused-ring (bicyclic) bond motifs is 2. The van der Waals surface area contributed by atoms with Gasteiger partial charge in [0.25, 0.3) is 10.0 Å². The lowest BCUT2D eigenvalue weighted by atomic mass is 10.2. The monoisotopic (exact) mass is 472 g/mol. The number of benzene rings is 2. The molecule has 0 amide bonds. The molecule has 2 aliphatic heterocycles. The highest BCUT2D eigenvalue weighted by atomic mass is 32.2. The SMILES string of the molecule is O=C1C(=CNCc2ccc3c(c2)OCO3)S(=O)(=O)N(Cc2cccc(F)c2)c2ccsc21. The van der Waals surface area contributed by atoms with E-state index < -0.39 is 21.6 Å². The summed E-state index contributed by atoms with van der Waals surface area (Å²) in [6.45, 7) is 0.355. The van der Waals surface area contributed by atoms with Crippen LogP contribution in [0.1, 0.15) is 20.8 Å². The van der Waals surface area contributed by atoms with Crippen molar-refractivity contribution in [3.8, 4) is 11.5 Å². The molecule has 3 heterocycles. The van der Waals surface area contributed by atoms with Gasteiger partial charge in [-0.1, -0.05) is 18.2 Å². The van der Waals surface area contributed by atoms with E-state index in [9.17, 15) is 17.6 Å². The number of nitrogens with one attached hydrogen (secondary N) is 1. The molecule has 0 spiro atoms. The van der Waals surface area contributed by atoms with Crippen LogP contribution in [0.3, 0.4) is 0 Å². The number of sulfonamides is 1. The molecule has 32 heavy (non-hydrogen) atoms. The van der Waals surface area contributed by atoms with E-state index in [1.54, 1.807) is 29.6 Å². The van der Waals surface area contributed by atoms with E-state index in [1.807, 2.05) is 6.07 Å². The summed E-state index contributed by atoms with van der Waals surface area (Å²) in [4.78, 5) is 12.9. The van der Waals surface area contributed by atoms with Crippen molar-refractivity contribution < 1.29 is 27.1 Å². The van der Waals surface area contributed by atoms with Crippen molar-refractivity contribution >= 4 is 32.8 Å². The van der Waals surface area contributed by atoms with Crippen molar-refractivity contribution in [3.05, 3.63) is 86.8 Å². The minimum atomic E-state index is -4.15. The first kappa shape index (κ1) is 20.5. The highest BCUT2D eigenvalue weighted by Gasteiger charge is 2.41. The number of ketones is 1. The second kappa shape index (κ2) is 7.95. The predicted molar refractivity (Wildman–Crippen MR) is 118 cm³/mol. The molecule has 10 heteroatoms. The first-order chi connectivity index (χ1) is 15.4. The average molecular weight is 473 g/mol. The maximum Gasteiger partial charge on any atom is 0.270 e. The molecular weight excluding hydrogens is 455 g/mol. The highest BCUT2D eigenvalue weighted by Crippen LogP contribution is 2.39. The number of nitrogens with zero attached hydrogens (tertiary/aromatic N) is 1. The topological polar surface area (TPSA) is 84.9 Å². The number of allylic oxidation sites excluding steroid dienone is 1. The molecule has 0 aliphatic carbocycles. The van der Waals surface area contributed by atoms with E-state index in [4.69, 9.17) is 9.47 Å². The quantitative estimate of drug-likeness (QED) is 0.569. The third-order valence-electron chi connectivity index (χ3n) is 5.10. The molecule has 2 aromatic carbocycles. The fourth-order valence-corrected chi connectivity index (χ4v) is 6.08. The number of carbonyl (C=O) groups excluding carboxylic acids is 1. The lowest BCUT2D eigenvalue weighted by Crippen LogP contribution is -2.38. The number of carbonyl (C=O) groups is 1. The molecule has 5 rings (SSSR count). The van der Waals surface area contributed by atoms with E-state index >= 15 is 0 Å². The molecule has 1 N–H and O–H groups in total. The van der Waals surface area contributed by atoms with Gasteiger partial charge in [0.05, 0.1) is 12.2 Å². The summed E-state index contributed by atoms with van der Waals surface area (Å²) in [6, 6.07) is 12.7. The molecule has 0 bridgehead atoms. The first-order valence-corrected chi connectivity index (χ1v) is 12.0. The zero-order valence-corrected chi connectivity index (χ0v) is 18.2. The molecule has 164 valence electrons. The van der Waals surface area contributed by atoms with Crippen LogP contribution in [0.2, 0.25) is 0 Å². The number of hydrogen-bond acceptors (Lipinski definition) is 7. The highest BCUT2D eigenvalue weighted by molar-refractivity contribution is 7.97. The summed E-state index contributed by atoms with van der Waals surface area (Å²) in [5.74, 6) is 0.238. The number of Topliss-reactive ketones (excluding diaryl/α,β-unsaturated/α-hetero) is 1. The van der Waals surface area contributed by atoms with Crippen molar-refractivity contribution in [3.63, 3.8) is 0 Å². The Balaban J connectivity index is 1.43. The van der Waals surface area contributed by atoms with Crippen molar-refractivity contribution in [2.45, 2.75) is 13.1 Å². The van der Waals surface area contributed by atoms with E-state index in [1.165, 1.54) is 35.7 Å². The summed E-state index contributed by atoms with van der Waals surface area (Å²) in [6.07, 6.45) is 1.23. The summed E-state index contributed by atoms with van der Waals surface area (Å²) >= 11 is 1.17. The Bertz CT molecular complexity index is 1350. The third kappa shape index (κ3) is 3.61. The first-order valence-electron chi connectivity index (χ1n) is 9.65. The second-order valence-electron chi connectivity index (χ2n) is 7.18. The van der Waals surface area contributed by atoms with E-state index in [-0.39, 0.29) is 24.8 Å². The lowest BCUT2D eigenvalue weighted by Gasteiger charge is -2.29. The molecule has 0 unspecified atom stereocenters. The van der Waals surface area contributed by atoms with E-state index in [0.717, 1.165) is 9.87 Å². The Morgan fingerprint density at radius 1 is 1.09 bits per heavy atom. The van der Waals surface area contributed by atoms with Crippen LogP contribution in [0.5, 0.6) is 11.5 Å². The van der Waals surface area contributed by atoms with Gasteiger partial charge in [0.1, 0.15) is 10.7 Å². The molecule has 0 atom stereocenters. The normalized spacial score (nSPS) is 17.5. The molecule has 0 fully saturated rings. The Morgan fingerprint density at radius 3 is 2.78 bits per heavy atom. The molecule has 0 radical (unpaired) electrons. The lowest BCUT2D eigenvalue weighted by molar-refractivity contribution is 0.104. The van der Waals surface area contributed by atoms with E-state index in [2.05, 4.69) is 5.32 Å². The molecule has 1 aromatic heterocycles. The van der Waals surface area contributed by atoms with Gasteiger partial charge in [0.15, 0.2) is 16.4 Å². The average Bonchev–Trinajstić information content (AvgIpc) is 3.43. The molecular formula is C22H17FN2O5S2. The van der Waals surface area contributed by atoms with Crippen LogP contribution >= 0.6 is 11.3 Å². The van der Waals surface area contributed by atoms with Gasteiger partial charge in [0, 0.05) is 12.7 Å². The minimum Gasteiger partial charge on any atom is -0.454 e. The number of anilines is 1. The minimum absolute atomic E-state index is 0.0867. The van der Waals surface area contributed by atoms with Crippen LogP contribution in [0.4, 0.5) is 10.1 Å². The molecule has 2 aliphatic rings. The molecule has 0 saturated heterocycles. The maximum absolute atomic E-state index is 13.6. The van der Waals surface area contributed by atoms with Gasteiger partial charge < -0.3 is 14.8 Å². The number of halogens is 1. The molecule has 0 saturated carbocycles. The number of rotatable bonds is 5. The number of hydrogen-bond donors (Lipinski definition) is 1. The summed E-state index contributed by atoms with van der Waals surface area (Å²) in [5.41, 5.74) is 1.62. The Labute approximate surface area is 187 Å². The van der Waals surface area contributed by atoms with Crippen molar-refractivity contribution in [1.82, 2.24) is 5.32 Å². The van der Waals surface area contributed by atoms with Crippen LogP contribution in [0.25, 0.3) is 0 Å². The van der Waals surface area contributed by atoms with Crippen LogP contribution in [-0.4, -0.2) is 21.0 Å². The smallest absolute Gasteiger partial charge is 0.270 e. The standard InChI is InChI=1S/C22H17FN2O5S2/c23-16-3-1-2-15(8-16)12-25-17-6-7-31-22(17)21(26)20(32(25,27)28)11-24-10-14-4-5-18-19(9-14)30-13-29-18/h1-9,11,24H,10,12-13H2. The fraction of sp³-hybridized carbons (Fsp3) is 0.136. The van der Waals surface area contributed by atoms with Crippen molar-refractivity contribution in [2.24, 2.45) is 0 Å². The summed E-state index contributed by atoms with van der Waals surface area (Å²) < 4.78 is 52.1. The Hall–Kier alpha value is -3.37. The van der Waals surface area contributed by atoms with Crippen LogP contribution in [-0.2, 0) is 23.1 Å². The van der Waals surface area contributed by atoms with Crippen LogP contribution in [0.15, 0.2) is 65.0 Å². The van der Waals surface area contributed by atoms with Gasteiger partial charge in [-0.05, 0) is 46.8 Å². The van der Waals surface area contributed by atoms with E-state index in [0.29, 0.717) is 27.6 Å². The maximum atomic E-state index is 13.6. The van der Waals surface area contributed by atoms with Gasteiger partial charge >= 0.3 is 0 Å². The van der Waals surface area contributed by atoms with Gasteiger partial charge in [-0.2, -0.15) is 0 Å². The van der Waals surface area contributed by atoms with Crippen LogP contribution < -0.4 is 19.1 Å². The number of thiophene rings is 1. The molecule has 3 aromatic rings. The fourth-order valence-electron chi connectivity index (χ4n) is 3.57. The van der Waals surface area contributed by atoms with Crippen molar-refractivity contribution in [1.29, 1.82) is 0 Å². The van der Waals surface area contributed by atoms with Crippen LogP contribution in [0, 0.1) is 5.82 Å². The van der Waals surface area contributed by atoms with Gasteiger partial charge in [-0.15, -0.1) is 11.3 Å². The Kier molecular flexibility index (Phi) is 5.10. The van der Waals surface area contributed by atoms with Gasteiger partial charge in [-0.3, -0.25) is 9.10 Å². The largest absolute Gasteiger partial charge is 0.454 e. The predicted octanol–water partition coefficient (Wildman–Crippen LogP) is 3.78. The Morgan fingerprint density at radius 2 is 1.94 bits per heavy atom. The molecule has 7 nitrogen and oxygen atoms in total. The zero-order valence-electron chi connectivity index (χ0n) is 16.6. The summed E-state index contributed by atoms with van der Waals surface area (Å²) in [5, 5.41) is 4.59. The number of ether oxygens (including phenoxy) is 2. The second-order valence-corrected chi connectivity index (χ2v) is 9.93. The van der Waals surface area contributed by atoms with Crippen molar-refractivity contribution in [2.75, 3.05) is 11.1 Å². The van der Waals surface area contributed by atoms with Gasteiger partial charge in [-0.25, -0.2) is 12.8 Å². The zero-order chi connectivity index (χ0) is 22.3.